The van der Waals surface area contributed by atoms with Crippen molar-refractivity contribution in [3.8, 4) is 11.8 Å². The first-order valence-electron chi connectivity index (χ1n) is 5.76. The Kier molecular flexibility index (Phi) is 3.82. The van der Waals surface area contributed by atoms with Crippen molar-refractivity contribution < 1.29 is 9.66 Å². The summed E-state index contributed by atoms with van der Waals surface area (Å²) in [6.07, 6.45) is 0. The molecule has 2 rings (SSSR count). The summed E-state index contributed by atoms with van der Waals surface area (Å²) in [4.78, 5) is 10.2. The van der Waals surface area contributed by atoms with Gasteiger partial charge in [0.05, 0.1) is 16.6 Å². The van der Waals surface area contributed by atoms with Crippen molar-refractivity contribution in [3.05, 3.63) is 63.7 Å². The lowest BCUT2D eigenvalue weighted by molar-refractivity contribution is -0.384. The van der Waals surface area contributed by atoms with E-state index in [4.69, 9.17) is 15.7 Å². The van der Waals surface area contributed by atoms with Gasteiger partial charge >= 0.3 is 0 Å². The summed E-state index contributed by atoms with van der Waals surface area (Å²) in [5.41, 5.74) is 7.24. The molecule has 0 aliphatic heterocycles. The van der Waals surface area contributed by atoms with Gasteiger partial charge in [0.15, 0.2) is 0 Å². The molecule has 0 aromatic heterocycles. The highest BCUT2D eigenvalue weighted by atomic mass is 16.6. The van der Waals surface area contributed by atoms with Crippen LogP contribution in [0.15, 0.2) is 42.5 Å². The molecule has 0 saturated heterocycles. The number of nitriles is 1. The van der Waals surface area contributed by atoms with E-state index in [1.165, 1.54) is 18.2 Å². The number of nitrogen functional groups attached to an aromatic ring is 1. The fourth-order valence-electron chi connectivity index (χ4n) is 1.62. The summed E-state index contributed by atoms with van der Waals surface area (Å²) in [7, 11) is 0. The molecular weight excluding hydrogens is 258 g/mol. The van der Waals surface area contributed by atoms with Crippen LogP contribution in [-0.2, 0) is 6.61 Å². The Hall–Kier alpha value is -3.07. The number of nitrogens with two attached hydrogens (primary N) is 1. The van der Waals surface area contributed by atoms with Gasteiger partial charge in [-0.25, -0.2) is 0 Å². The Morgan fingerprint density at radius 3 is 2.55 bits per heavy atom. The third-order valence-corrected chi connectivity index (χ3v) is 2.72. The summed E-state index contributed by atoms with van der Waals surface area (Å²) in [6, 6.07) is 12.8. The Morgan fingerprint density at radius 2 is 1.95 bits per heavy atom. The summed E-state index contributed by atoms with van der Waals surface area (Å²) in [5, 5.41) is 19.4. The van der Waals surface area contributed by atoms with E-state index in [0.717, 1.165) is 0 Å². The van der Waals surface area contributed by atoms with Crippen LogP contribution in [0.1, 0.15) is 11.1 Å². The molecule has 0 amide bonds. The van der Waals surface area contributed by atoms with Gasteiger partial charge in [-0.15, -0.1) is 0 Å². The van der Waals surface area contributed by atoms with Crippen molar-refractivity contribution in [1.29, 1.82) is 5.26 Å². The highest BCUT2D eigenvalue weighted by Gasteiger charge is 2.09. The highest BCUT2D eigenvalue weighted by Crippen LogP contribution is 2.21. The lowest BCUT2D eigenvalue weighted by Gasteiger charge is -2.08. The lowest BCUT2D eigenvalue weighted by Crippen LogP contribution is -2.01. The van der Waals surface area contributed by atoms with E-state index in [1.807, 2.05) is 6.07 Å². The molecule has 0 radical (unpaired) electrons. The molecule has 0 bridgehead atoms. The molecule has 2 aromatic carbocycles. The normalized spacial score (nSPS) is 9.75. The zero-order valence-corrected chi connectivity index (χ0v) is 10.4. The van der Waals surface area contributed by atoms with Gasteiger partial charge in [0.25, 0.3) is 5.69 Å². The second kappa shape index (κ2) is 5.71. The van der Waals surface area contributed by atoms with E-state index in [1.54, 1.807) is 24.3 Å². The molecule has 0 aliphatic rings. The van der Waals surface area contributed by atoms with E-state index in [2.05, 4.69) is 0 Å². The standard InChI is InChI=1S/C14H11N3O3/c15-8-10-1-4-13(5-2-10)20-9-11-7-12(17(18)19)3-6-14(11)16/h1-7H,9,16H2. The van der Waals surface area contributed by atoms with Gasteiger partial charge in [-0.1, -0.05) is 0 Å². The predicted octanol–water partition coefficient (Wildman–Crippen LogP) is 2.63. The average Bonchev–Trinajstić information content (AvgIpc) is 2.46. The number of nitrogens with zero attached hydrogens (tertiary/aromatic N) is 2. The maximum atomic E-state index is 10.7. The molecule has 2 aromatic rings. The van der Waals surface area contributed by atoms with Crippen LogP contribution in [0.5, 0.6) is 5.75 Å². The fourth-order valence-corrected chi connectivity index (χ4v) is 1.62. The number of non-ortho nitro benzene ring substituents is 1. The SMILES string of the molecule is N#Cc1ccc(OCc2cc([N+](=O)[O-])ccc2N)cc1. The van der Waals surface area contributed by atoms with Gasteiger partial charge in [0.1, 0.15) is 12.4 Å². The topological polar surface area (TPSA) is 102 Å². The molecule has 6 nitrogen and oxygen atoms in total. The third kappa shape index (κ3) is 3.03. The van der Waals surface area contributed by atoms with Crippen LogP contribution in [0.3, 0.4) is 0 Å². The first kappa shape index (κ1) is 13.4. The van der Waals surface area contributed by atoms with Crippen molar-refractivity contribution in [2.45, 2.75) is 6.61 Å². The van der Waals surface area contributed by atoms with Crippen LogP contribution in [-0.4, -0.2) is 4.92 Å². The molecule has 0 fully saturated rings. The Morgan fingerprint density at radius 1 is 1.25 bits per heavy atom. The molecule has 2 N–H and O–H groups in total. The van der Waals surface area contributed by atoms with Gasteiger partial charge in [-0.3, -0.25) is 10.1 Å². The molecule has 0 atom stereocenters. The lowest BCUT2D eigenvalue weighted by atomic mass is 10.1. The number of ether oxygens (including phenoxy) is 1. The van der Waals surface area contributed by atoms with Crippen LogP contribution in [0.25, 0.3) is 0 Å². The van der Waals surface area contributed by atoms with Crippen molar-refractivity contribution >= 4 is 11.4 Å². The summed E-state index contributed by atoms with van der Waals surface area (Å²) < 4.78 is 5.50. The zero-order valence-electron chi connectivity index (χ0n) is 10.4. The van der Waals surface area contributed by atoms with E-state index in [-0.39, 0.29) is 12.3 Å². The minimum atomic E-state index is -0.481. The number of hydrogen-bond donors (Lipinski definition) is 1. The number of hydrogen-bond acceptors (Lipinski definition) is 5. The Labute approximate surface area is 115 Å². The minimum absolute atomic E-state index is 0.0300. The van der Waals surface area contributed by atoms with Crippen molar-refractivity contribution in [2.24, 2.45) is 0 Å². The number of benzene rings is 2. The van der Waals surface area contributed by atoms with E-state index < -0.39 is 4.92 Å². The van der Waals surface area contributed by atoms with Gasteiger partial charge in [0.2, 0.25) is 0 Å². The largest absolute Gasteiger partial charge is 0.489 e. The molecule has 6 heteroatoms. The molecule has 0 heterocycles. The maximum Gasteiger partial charge on any atom is 0.269 e. The molecule has 0 aliphatic carbocycles. The highest BCUT2D eigenvalue weighted by molar-refractivity contribution is 5.52. The number of nitro benzene ring substituents is 1. The second-order valence-electron chi connectivity index (χ2n) is 4.07. The van der Waals surface area contributed by atoms with Gasteiger partial charge in [-0.2, -0.15) is 5.26 Å². The molecule has 0 unspecified atom stereocenters. The number of rotatable bonds is 4. The number of anilines is 1. The molecule has 0 saturated carbocycles. The van der Waals surface area contributed by atoms with Gasteiger partial charge in [-0.05, 0) is 30.3 Å². The third-order valence-electron chi connectivity index (χ3n) is 2.72. The first-order valence-corrected chi connectivity index (χ1v) is 5.76. The predicted molar refractivity (Wildman–Crippen MR) is 73.0 cm³/mol. The van der Waals surface area contributed by atoms with Crippen LogP contribution < -0.4 is 10.5 Å². The number of nitro groups is 1. The minimum Gasteiger partial charge on any atom is -0.489 e. The van der Waals surface area contributed by atoms with Crippen LogP contribution in [0, 0.1) is 21.4 Å². The Bertz CT molecular complexity index is 675. The monoisotopic (exact) mass is 269 g/mol. The molecule has 20 heavy (non-hydrogen) atoms. The van der Waals surface area contributed by atoms with E-state index >= 15 is 0 Å². The molecular formula is C14H11N3O3. The average molecular weight is 269 g/mol. The smallest absolute Gasteiger partial charge is 0.269 e. The zero-order chi connectivity index (χ0) is 14.5. The van der Waals surface area contributed by atoms with Crippen LogP contribution in [0.4, 0.5) is 11.4 Å². The summed E-state index contributed by atoms with van der Waals surface area (Å²) >= 11 is 0. The summed E-state index contributed by atoms with van der Waals surface area (Å²) in [6.45, 7) is 0.124. The van der Waals surface area contributed by atoms with E-state index in [0.29, 0.717) is 22.6 Å². The van der Waals surface area contributed by atoms with Crippen LogP contribution >= 0.6 is 0 Å². The fraction of sp³-hybridized carbons (Fsp3) is 0.0714. The maximum absolute atomic E-state index is 10.7. The van der Waals surface area contributed by atoms with Crippen molar-refractivity contribution in [3.63, 3.8) is 0 Å². The summed E-state index contributed by atoms with van der Waals surface area (Å²) in [5.74, 6) is 0.565. The second-order valence-corrected chi connectivity index (χ2v) is 4.07. The Balaban J connectivity index is 2.12. The quantitative estimate of drug-likeness (QED) is 0.522. The molecule has 100 valence electrons. The van der Waals surface area contributed by atoms with Crippen LogP contribution in [0.2, 0.25) is 0 Å². The van der Waals surface area contributed by atoms with Crippen molar-refractivity contribution in [2.75, 3.05) is 5.73 Å². The molecule has 0 spiro atoms. The van der Waals surface area contributed by atoms with Gasteiger partial charge in [0, 0.05) is 23.4 Å². The first-order chi connectivity index (χ1) is 9.60. The van der Waals surface area contributed by atoms with E-state index in [9.17, 15) is 10.1 Å². The van der Waals surface area contributed by atoms with Gasteiger partial charge < -0.3 is 10.5 Å². The van der Waals surface area contributed by atoms with Crippen molar-refractivity contribution in [1.82, 2.24) is 0 Å².